The molecule has 0 fully saturated rings. The number of aromatic nitrogens is 2. The average molecular weight is 280 g/mol. The first kappa shape index (κ1) is 13.4. The molecule has 1 heterocycles. The van der Waals surface area contributed by atoms with E-state index in [-0.39, 0.29) is 11.4 Å². The minimum atomic E-state index is -0.473. The highest BCUT2D eigenvalue weighted by molar-refractivity contribution is 7.14. The van der Waals surface area contributed by atoms with Gasteiger partial charge in [-0.2, -0.15) is 0 Å². The van der Waals surface area contributed by atoms with Crippen molar-refractivity contribution in [2.24, 2.45) is 5.73 Å². The van der Waals surface area contributed by atoms with Crippen LogP contribution in [0, 0.1) is 10.1 Å². The maximum absolute atomic E-state index is 11.0. The summed E-state index contributed by atoms with van der Waals surface area (Å²) in [5.41, 5.74) is 6.01. The second kappa shape index (κ2) is 5.72. The summed E-state index contributed by atoms with van der Waals surface area (Å²) in [6.07, 6.45) is 0. The fourth-order valence-corrected chi connectivity index (χ4v) is 2.24. The number of hydrogen-bond acceptors (Lipinski definition) is 7. The Morgan fingerprint density at radius 3 is 2.84 bits per heavy atom. The molecule has 8 heteroatoms. The summed E-state index contributed by atoms with van der Waals surface area (Å²) in [6.45, 7) is 2.45. The Labute approximate surface area is 113 Å². The van der Waals surface area contributed by atoms with Crippen LogP contribution in [0.1, 0.15) is 11.9 Å². The van der Waals surface area contributed by atoms with Crippen molar-refractivity contribution in [3.63, 3.8) is 0 Å². The molecule has 0 aliphatic rings. The maximum atomic E-state index is 11.0. The standard InChI is InChI=1S/C11H12N4O3S/c1-2-18-9-4-3-7(5-8(9)15(16)17)11-14-13-10(6-12)19-11/h3-5H,2,6,12H2,1H3. The zero-order chi connectivity index (χ0) is 13.8. The van der Waals surface area contributed by atoms with Crippen molar-refractivity contribution in [2.45, 2.75) is 13.5 Å². The van der Waals surface area contributed by atoms with Crippen LogP contribution in [0.25, 0.3) is 10.6 Å². The van der Waals surface area contributed by atoms with Crippen LogP contribution in [0.2, 0.25) is 0 Å². The Bertz CT molecular complexity index is 599. The van der Waals surface area contributed by atoms with E-state index < -0.39 is 4.92 Å². The second-order valence-corrected chi connectivity index (χ2v) is 4.64. The molecule has 2 N–H and O–H groups in total. The third-order valence-corrected chi connectivity index (χ3v) is 3.34. The molecule has 0 amide bonds. The number of hydrogen-bond donors (Lipinski definition) is 1. The van der Waals surface area contributed by atoms with Gasteiger partial charge in [0.2, 0.25) is 0 Å². The van der Waals surface area contributed by atoms with Crippen LogP contribution in [-0.2, 0) is 6.54 Å². The molecule has 0 aliphatic heterocycles. The highest BCUT2D eigenvalue weighted by Crippen LogP contribution is 2.33. The Morgan fingerprint density at radius 1 is 1.47 bits per heavy atom. The van der Waals surface area contributed by atoms with Crippen molar-refractivity contribution in [1.29, 1.82) is 0 Å². The molecule has 0 radical (unpaired) electrons. The van der Waals surface area contributed by atoms with Crippen LogP contribution >= 0.6 is 11.3 Å². The van der Waals surface area contributed by atoms with Gasteiger partial charge in [0.25, 0.3) is 0 Å². The predicted octanol–water partition coefficient (Wildman–Crippen LogP) is 1.97. The fraction of sp³-hybridized carbons (Fsp3) is 0.273. The summed E-state index contributed by atoms with van der Waals surface area (Å²) in [6, 6.07) is 4.73. The van der Waals surface area contributed by atoms with E-state index in [1.54, 1.807) is 19.1 Å². The predicted molar refractivity (Wildman–Crippen MR) is 71.1 cm³/mol. The number of ether oxygens (including phenoxy) is 1. The third-order valence-electron chi connectivity index (χ3n) is 2.34. The lowest BCUT2D eigenvalue weighted by molar-refractivity contribution is -0.385. The molecular formula is C11H12N4O3S. The van der Waals surface area contributed by atoms with Crippen LogP contribution in [0.4, 0.5) is 5.69 Å². The fourth-order valence-electron chi connectivity index (χ4n) is 1.52. The van der Waals surface area contributed by atoms with Gasteiger partial charge in [-0.1, -0.05) is 11.3 Å². The zero-order valence-electron chi connectivity index (χ0n) is 10.2. The topological polar surface area (TPSA) is 104 Å². The van der Waals surface area contributed by atoms with Crippen LogP contribution in [0.5, 0.6) is 5.75 Å². The lowest BCUT2D eigenvalue weighted by Crippen LogP contribution is -1.97. The molecule has 1 aromatic heterocycles. The van der Waals surface area contributed by atoms with E-state index in [1.807, 2.05) is 0 Å². The van der Waals surface area contributed by atoms with Crippen molar-refractivity contribution >= 4 is 17.0 Å². The van der Waals surface area contributed by atoms with Gasteiger partial charge in [0.1, 0.15) is 10.0 Å². The molecule has 0 bridgehead atoms. The number of nitrogens with zero attached hydrogens (tertiary/aromatic N) is 3. The van der Waals surface area contributed by atoms with Gasteiger partial charge in [-0.3, -0.25) is 10.1 Å². The van der Waals surface area contributed by atoms with Crippen LogP contribution in [0.3, 0.4) is 0 Å². The van der Waals surface area contributed by atoms with Crippen molar-refractivity contribution < 1.29 is 9.66 Å². The van der Waals surface area contributed by atoms with Crippen molar-refractivity contribution in [2.75, 3.05) is 6.61 Å². The van der Waals surface area contributed by atoms with E-state index in [4.69, 9.17) is 10.5 Å². The summed E-state index contributed by atoms with van der Waals surface area (Å²) >= 11 is 1.31. The zero-order valence-corrected chi connectivity index (χ0v) is 11.0. The van der Waals surface area contributed by atoms with Crippen LogP contribution in [0.15, 0.2) is 18.2 Å². The lowest BCUT2D eigenvalue weighted by Gasteiger charge is -2.04. The Morgan fingerprint density at radius 2 is 2.26 bits per heavy atom. The summed E-state index contributed by atoms with van der Waals surface area (Å²) in [5.74, 6) is 0.250. The Balaban J connectivity index is 2.42. The van der Waals surface area contributed by atoms with Gasteiger partial charge in [0, 0.05) is 18.2 Å². The van der Waals surface area contributed by atoms with Gasteiger partial charge in [0.15, 0.2) is 5.75 Å². The van der Waals surface area contributed by atoms with E-state index in [2.05, 4.69) is 10.2 Å². The summed E-state index contributed by atoms with van der Waals surface area (Å²) in [5, 5.41) is 20.1. The number of rotatable bonds is 5. The van der Waals surface area contributed by atoms with Gasteiger partial charge < -0.3 is 10.5 Å². The average Bonchev–Trinajstić information content (AvgIpc) is 2.88. The first-order valence-electron chi connectivity index (χ1n) is 5.59. The monoisotopic (exact) mass is 280 g/mol. The second-order valence-electron chi connectivity index (χ2n) is 3.58. The number of nitro benzene ring substituents is 1. The molecule has 1 aromatic carbocycles. The van der Waals surface area contributed by atoms with Crippen LogP contribution in [-0.4, -0.2) is 21.7 Å². The first-order chi connectivity index (χ1) is 9.15. The first-order valence-corrected chi connectivity index (χ1v) is 6.41. The van der Waals surface area contributed by atoms with E-state index in [1.165, 1.54) is 17.4 Å². The molecule has 0 aliphatic carbocycles. The van der Waals surface area contributed by atoms with E-state index in [9.17, 15) is 10.1 Å². The van der Waals surface area contributed by atoms with Crippen molar-refractivity contribution in [3.05, 3.63) is 33.3 Å². The number of nitrogens with two attached hydrogens (primary N) is 1. The summed E-state index contributed by atoms with van der Waals surface area (Å²) < 4.78 is 5.22. The number of nitro groups is 1. The van der Waals surface area contributed by atoms with E-state index in [0.29, 0.717) is 28.7 Å². The number of benzene rings is 1. The lowest BCUT2D eigenvalue weighted by atomic mass is 10.2. The molecule has 0 atom stereocenters. The third kappa shape index (κ3) is 2.85. The molecule has 0 spiro atoms. The minimum absolute atomic E-state index is 0.0798. The normalized spacial score (nSPS) is 10.4. The largest absolute Gasteiger partial charge is 0.487 e. The molecule has 0 saturated carbocycles. The van der Waals surface area contributed by atoms with E-state index >= 15 is 0 Å². The van der Waals surface area contributed by atoms with Crippen molar-refractivity contribution in [1.82, 2.24) is 10.2 Å². The van der Waals surface area contributed by atoms with Crippen molar-refractivity contribution in [3.8, 4) is 16.3 Å². The van der Waals surface area contributed by atoms with E-state index in [0.717, 1.165) is 0 Å². The van der Waals surface area contributed by atoms with Gasteiger partial charge in [-0.05, 0) is 19.1 Å². The summed E-state index contributed by atoms with van der Waals surface area (Å²) in [4.78, 5) is 10.5. The molecule has 2 aromatic rings. The summed E-state index contributed by atoms with van der Waals surface area (Å²) in [7, 11) is 0. The highest BCUT2D eigenvalue weighted by Gasteiger charge is 2.17. The smallest absolute Gasteiger partial charge is 0.311 e. The maximum Gasteiger partial charge on any atom is 0.311 e. The molecule has 2 rings (SSSR count). The Kier molecular flexibility index (Phi) is 4.03. The van der Waals surface area contributed by atoms with Gasteiger partial charge >= 0.3 is 5.69 Å². The SMILES string of the molecule is CCOc1ccc(-c2nnc(CN)s2)cc1[N+](=O)[O-]. The molecule has 19 heavy (non-hydrogen) atoms. The molecule has 0 saturated heterocycles. The molecule has 7 nitrogen and oxygen atoms in total. The quantitative estimate of drug-likeness (QED) is 0.663. The molecule has 0 unspecified atom stereocenters. The molecular weight excluding hydrogens is 268 g/mol. The van der Waals surface area contributed by atoms with Crippen LogP contribution < -0.4 is 10.5 Å². The highest BCUT2D eigenvalue weighted by atomic mass is 32.1. The van der Waals surface area contributed by atoms with Gasteiger partial charge in [-0.15, -0.1) is 10.2 Å². The molecule has 100 valence electrons. The van der Waals surface area contributed by atoms with Gasteiger partial charge in [0.05, 0.1) is 11.5 Å². The minimum Gasteiger partial charge on any atom is -0.487 e. The van der Waals surface area contributed by atoms with Gasteiger partial charge in [-0.25, -0.2) is 0 Å². The Hall–Kier alpha value is -2.06.